The molecule has 1 unspecified atom stereocenters. The van der Waals surface area contributed by atoms with Crippen molar-refractivity contribution in [1.82, 2.24) is 19.3 Å². The van der Waals surface area contributed by atoms with Crippen molar-refractivity contribution in [2.75, 3.05) is 24.2 Å². The van der Waals surface area contributed by atoms with Gasteiger partial charge in [0, 0.05) is 25.8 Å². The predicted octanol–water partition coefficient (Wildman–Crippen LogP) is 3.42. The third kappa shape index (κ3) is 5.49. The van der Waals surface area contributed by atoms with Crippen LogP contribution in [0.15, 0.2) is 18.6 Å². The molecule has 36 heavy (non-hydrogen) atoms. The van der Waals surface area contributed by atoms with E-state index in [1.807, 2.05) is 33.2 Å². The van der Waals surface area contributed by atoms with Crippen molar-refractivity contribution >= 4 is 34.7 Å². The fourth-order valence-corrected chi connectivity index (χ4v) is 9.34. The van der Waals surface area contributed by atoms with Gasteiger partial charge in [0.2, 0.25) is 10.0 Å². The molecule has 1 saturated carbocycles. The van der Waals surface area contributed by atoms with E-state index >= 15 is 0 Å². The highest BCUT2D eigenvalue weighted by Gasteiger charge is 2.51. The molecule has 11 nitrogen and oxygen atoms in total. The zero-order chi connectivity index (χ0) is 26.1. The Morgan fingerprint density at radius 2 is 1.89 bits per heavy atom. The SMILES string of the molecule is CCC1(CC)C(OP(=O)(O)O)CCCN1S(=O)(=O)CC1CCC(N(C)c2ncnc3[nH]ccc23)CC1. The standard InChI is InChI=1S/C23H38N5O6PS/c1-4-23(5-2)20(34-35(29,30)31)7-6-14-28(23)36(32,33)15-17-8-10-18(11-9-17)27(3)22-19-12-13-24-21(19)25-16-26-22/h12-13,16-18,20H,4-11,14-15H2,1-3H3,(H,24,25,26)(H2,29,30,31). The zero-order valence-electron chi connectivity index (χ0n) is 21.2. The molecule has 0 radical (unpaired) electrons. The van der Waals surface area contributed by atoms with Crippen LogP contribution in [-0.2, 0) is 19.1 Å². The first kappa shape index (κ1) is 27.5. The molecule has 1 saturated heterocycles. The summed E-state index contributed by atoms with van der Waals surface area (Å²) in [6, 6.07) is 2.23. The third-order valence-electron chi connectivity index (χ3n) is 8.23. The minimum absolute atomic E-state index is 0.0341. The molecule has 13 heteroatoms. The minimum Gasteiger partial charge on any atom is -0.356 e. The van der Waals surface area contributed by atoms with Gasteiger partial charge in [0.05, 0.1) is 22.8 Å². The Balaban J connectivity index is 1.44. The van der Waals surface area contributed by atoms with Crippen molar-refractivity contribution in [3.63, 3.8) is 0 Å². The van der Waals surface area contributed by atoms with Gasteiger partial charge < -0.3 is 19.7 Å². The molecule has 2 aromatic heterocycles. The van der Waals surface area contributed by atoms with Gasteiger partial charge in [-0.2, -0.15) is 4.31 Å². The van der Waals surface area contributed by atoms with Gasteiger partial charge >= 0.3 is 7.82 Å². The van der Waals surface area contributed by atoms with Gasteiger partial charge in [0.1, 0.15) is 17.8 Å². The van der Waals surface area contributed by atoms with Crippen molar-refractivity contribution in [3.05, 3.63) is 18.6 Å². The predicted molar refractivity (Wildman–Crippen MR) is 138 cm³/mol. The van der Waals surface area contributed by atoms with Gasteiger partial charge in [0.15, 0.2) is 0 Å². The number of hydrogen-bond acceptors (Lipinski definition) is 7. The van der Waals surface area contributed by atoms with Crippen molar-refractivity contribution in [1.29, 1.82) is 0 Å². The third-order valence-corrected chi connectivity index (χ3v) is 10.9. The van der Waals surface area contributed by atoms with Gasteiger partial charge in [-0.15, -0.1) is 0 Å². The first-order valence-corrected chi connectivity index (χ1v) is 15.9. The average Bonchev–Trinajstić information content (AvgIpc) is 3.32. The van der Waals surface area contributed by atoms with E-state index in [2.05, 4.69) is 19.9 Å². The second-order valence-corrected chi connectivity index (χ2v) is 13.2. The normalized spacial score (nSPS) is 25.8. The maximum absolute atomic E-state index is 13.7. The number of piperidine rings is 1. The number of H-pyrrole nitrogens is 1. The van der Waals surface area contributed by atoms with E-state index in [4.69, 9.17) is 4.52 Å². The van der Waals surface area contributed by atoms with Crippen LogP contribution in [0.2, 0.25) is 0 Å². The molecule has 3 N–H and O–H groups in total. The van der Waals surface area contributed by atoms with E-state index < -0.39 is 29.5 Å². The van der Waals surface area contributed by atoms with E-state index in [1.54, 1.807) is 6.33 Å². The Morgan fingerprint density at radius 3 is 2.53 bits per heavy atom. The summed E-state index contributed by atoms with van der Waals surface area (Å²) in [6.45, 7) is 4.08. The van der Waals surface area contributed by atoms with Crippen LogP contribution < -0.4 is 4.90 Å². The van der Waals surface area contributed by atoms with Crippen LogP contribution >= 0.6 is 7.82 Å². The molecule has 0 bridgehead atoms. The molecular weight excluding hydrogens is 505 g/mol. The Labute approximate surface area is 212 Å². The molecular formula is C23H38N5O6PS. The number of anilines is 1. The highest BCUT2D eigenvalue weighted by atomic mass is 32.2. The molecule has 3 heterocycles. The lowest BCUT2D eigenvalue weighted by molar-refractivity contribution is -0.0262. The summed E-state index contributed by atoms with van der Waals surface area (Å²) in [6.07, 6.45) is 7.67. The van der Waals surface area contributed by atoms with Gasteiger partial charge in [-0.1, -0.05) is 13.8 Å². The number of aromatic nitrogens is 3. The Hall–Kier alpha value is -1.56. The van der Waals surface area contributed by atoms with Gasteiger partial charge in [-0.25, -0.2) is 23.0 Å². The molecule has 1 atom stereocenters. The second-order valence-electron chi connectivity index (χ2n) is 10.1. The van der Waals surface area contributed by atoms with Crippen LogP contribution in [-0.4, -0.2) is 74.5 Å². The largest absolute Gasteiger partial charge is 0.469 e. The summed E-state index contributed by atoms with van der Waals surface area (Å²) in [4.78, 5) is 32.9. The number of nitrogens with zero attached hydrogens (tertiary/aromatic N) is 4. The number of hydrogen-bond donors (Lipinski definition) is 3. The maximum atomic E-state index is 13.7. The lowest BCUT2D eigenvalue weighted by Gasteiger charge is -2.50. The van der Waals surface area contributed by atoms with Gasteiger partial charge in [-0.3, -0.25) is 4.52 Å². The lowest BCUT2D eigenvalue weighted by atomic mass is 9.81. The number of aromatic amines is 1. The van der Waals surface area contributed by atoms with Crippen molar-refractivity contribution in [2.24, 2.45) is 5.92 Å². The molecule has 4 rings (SSSR count). The molecule has 0 aromatic carbocycles. The van der Waals surface area contributed by atoms with Crippen molar-refractivity contribution in [3.8, 4) is 0 Å². The average molecular weight is 544 g/mol. The molecule has 2 fully saturated rings. The second kappa shape index (κ2) is 10.7. The van der Waals surface area contributed by atoms with Crippen LogP contribution in [0.25, 0.3) is 11.0 Å². The van der Waals surface area contributed by atoms with E-state index in [0.29, 0.717) is 32.2 Å². The Bertz CT molecular complexity index is 1190. The number of rotatable bonds is 9. The quantitative estimate of drug-likeness (QED) is 0.405. The van der Waals surface area contributed by atoms with Crippen LogP contribution in [0.3, 0.4) is 0 Å². The van der Waals surface area contributed by atoms with Gasteiger partial charge in [0.25, 0.3) is 0 Å². The molecule has 2 aromatic rings. The number of phosphoric acid groups is 1. The van der Waals surface area contributed by atoms with E-state index in [1.165, 1.54) is 4.31 Å². The molecule has 202 valence electrons. The molecule has 0 amide bonds. The Kier molecular flexibility index (Phi) is 8.14. The molecule has 1 aliphatic heterocycles. The number of nitrogens with one attached hydrogen (secondary N) is 1. The first-order valence-electron chi connectivity index (χ1n) is 12.8. The van der Waals surface area contributed by atoms with Gasteiger partial charge in [-0.05, 0) is 63.4 Å². The summed E-state index contributed by atoms with van der Waals surface area (Å²) in [5, 5.41) is 0.970. The number of sulfonamides is 1. The highest BCUT2D eigenvalue weighted by molar-refractivity contribution is 7.89. The monoisotopic (exact) mass is 543 g/mol. The molecule has 0 spiro atoms. The molecule has 1 aliphatic carbocycles. The summed E-state index contributed by atoms with van der Waals surface area (Å²) >= 11 is 0. The summed E-state index contributed by atoms with van der Waals surface area (Å²) in [5.74, 6) is 0.952. The lowest BCUT2D eigenvalue weighted by Crippen LogP contribution is -2.62. The number of phosphoric ester groups is 1. The summed E-state index contributed by atoms with van der Waals surface area (Å²) in [5.41, 5.74) is -0.158. The Morgan fingerprint density at radius 1 is 1.19 bits per heavy atom. The highest BCUT2D eigenvalue weighted by Crippen LogP contribution is 2.47. The number of fused-ring (bicyclic) bond motifs is 1. The summed E-state index contributed by atoms with van der Waals surface area (Å²) in [7, 11) is -6.37. The van der Waals surface area contributed by atoms with Crippen molar-refractivity contribution < 1.29 is 27.3 Å². The fourth-order valence-electron chi connectivity index (χ4n) is 6.26. The van der Waals surface area contributed by atoms with Crippen LogP contribution in [0, 0.1) is 5.92 Å². The summed E-state index contributed by atoms with van der Waals surface area (Å²) < 4.78 is 45.7. The first-order chi connectivity index (χ1) is 17.0. The van der Waals surface area contributed by atoms with Crippen LogP contribution in [0.5, 0.6) is 0 Å². The zero-order valence-corrected chi connectivity index (χ0v) is 22.9. The topological polar surface area (TPSA) is 149 Å². The van der Waals surface area contributed by atoms with E-state index in [-0.39, 0.29) is 17.7 Å². The van der Waals surface area contributed by atoms with E-state index in [9.17, 15) is 22.8 Å². The maximum Gasteiger partial charge on any atom is 0.469 e. The van der Waals surface area contributed by atoms with E-state index in [0.717, 1.165) is 42.5 Å². The minimum atomic E-state index is -4.74. The van der Waals surface area contributed by atoms with Crippen molar-refractivity contribution in [2.45, 2.75) is 82.9 Å². The van der Waals surface area contributed by atoms with Crippen LogP contribution in [0.4, 0.5) is 5.82 Å². The smallest absolute Gasteiger partial charge is 0.356 e. The fraction of sp³-hybridized carbons (Fsp3) is 0.739. The molecule has 2 aliphatic rings. The van der Waals surface area contributed by atoms with Crippen LogP contribution in [0.1, 0.15) is 65.2 Å².